The zero-order valence-corrected chi connectivity index (χ0v) is 10.2. The molecule has 0 aromatic rings. The highest BCUT2D eigenvalue weighted by atomic mass is 32.2. The summed E-state index contributed by atoms with van der Waals surface area (Å²) in [5.41, 5.74) is 0. The van der Waals surface area contributed by atoms with Crippen LogP contribution in [0.2, 0.25) is 0 Å². The van der Waals surface area contributed by atoms with Gasteiger partial charge in [-0.25, -0.2) is 8.42 Å². The molecule has 2 N–H and O–H groups in total. The average molecular weight is 237 g/mol. The van der Waals surface area contributed by atoms with Gasteiger partial charge in [0.2, 0.25) is 0 Å². The first-order chi connectivity index (χ1) is 6.70. The minimum Gasteiger partial charge on any atom is -0.481 e. The molecule has 2 atom stereocenters. The van der Waals surface area contributed by atoms with Crippen LogP contribution in [-0.4, -0.2) is 43.6 Å². The van der Waals surface area contributed by atoms with Crippen molar-refractivity contribution in [3.05, 3.63) is 0 Å². The van der Waals surface area contributed by atoms with Crippen molar-refractivity contribution >= 4 is 15.8 Å². The molecule has 0 bridgehead atoms. The summed E-state index contributed by atoms with van der Waals surface area (Å²) in [6.07, 6.45) is 1.79. The highest BCUT2D eigenvalue weighted by Gasteiger charge is 2.13. The van der Waals surface area contributed by atoms with Crippen molar-refractivity contribution in [3.63, 3.8) is 0 Å². The molecular weight excluding hydrogens is 218 g/mol. The largest absolute Gasteiger partial charge is 0.481 e. The van der Waals surface area contributed by atoms with Crippen LogP contribution >= 0.6 is 0 Å². The van der Waals surface area contributed by atoms with Gasteiger partial charge in [-0.15, -0.1) is 0 Å². The molecular formula is C9H19NO4S. The van der Waals surface area contributed by atoms with E-state index in [1.165, 1.54) is 6.26 Å². The van der Waals surface area contributed by atoms with Crippen LogP contribution in [0.25, 0.3) is 0 Å². The normalized spacial score (nSPS) is 15.9. The van der Waals surface area contributed by atoms with Crippen molar-refractivity contribution in [2.75, 3.05) is 12.0 Å². The van der Waals surface area contributed by atoms with Crippen molar-refractivity contribution in [1.82, 2.24) is 5.32 Å². The molecule has 0 aliphatic rings. The molecule has 0 heterocycles. The van der Waals surface area contributed by atoms with Crippen LogP contribution < -0.4 is 5.32 Å². The topological polar surface area (TPSA) is 83.5 Å². The molecule has 0 aliphatic carbocycles. The van der Waals surface area contributed by atoms with Gasteiger partial charge in [0.25, 0.3) is 0 Å². The summed E-state index contributed by atoms with van der Waals surface area (Å²) in [5, 5.41) is 11.5. The van der Waals surface area contributed by atoms with Gasteiger partial charge in [-0.3, -0.25) is 4.79 Å². The Morgan fingerprint density at radius 2 is 1.87 bits per heavy atom. The molecule has 2 unspecified atom stereocenters. The average Bonchev–Trinajstić information content (AvgIpc) is 1.96. The summed E-state index contributed by atoms with van der Waals surface area (Å²) in [5.74, 6) is -0.760. The van der Waals surface area contributed by atoms with E-state index in [1.807, 2.05) is 6.92 Å². The summed E-state index contributed by atoms with van der Waals surface area (Å²) < 4.78 is 21.9. The SMILES string of the molecule is CC(CCC(=O)O)NC(C)CS(C)(=O)=O. The molecule has 0 saturated carbocycles. The summed E-state index contributed by atoms with van der Waals surface area (Å²) in [7, 11) is -2.98. The van der Waals surface area contributed by atoms with E-state index >= 15 is 0 Å². The molecule has 0 saturated heterocycles. The standard InChI is InChI=1S/C9H19NO4S/c1-7(4-5-9(11)12)10-8(2)6-15(3,13)14/h7-8,10H,4-6H2,1-3H3,(H,11,12). The molecule has 6 heteroatoms. The lowest BCUT2D eigenvalue weighted by Crippen LogP contribution is -2.39. The Kier molecular flexibility index (Phi) is 5.82. The van der Waals surface area contributed by atoms with Crippen LogP contribution in [0, 0.1) is 0 Å². The van der Waals surface area contributed by atoms with Gasteiger partial charge in [0.1, 0.15) is 9.84 Å². The first kappa shape index (κ1) is 14.4. The molecule has 0 radical (unpaired) electrons. The predicted molar refractivity (Wildman–Crippen MR) is 58.6 cm³/mol. The number of carboxylic acids is 1. The third-order valence-electron chi connectivity index (χ3n) is 1.91. The van der Waals surface area contributed by atoms with E-state index in [0.29, 0.717) is 6.42 Å². The Bertz CT molecular complexity index is 299. The number of carbonyl (C=O) groups is 1. The first-order valence-corrected chi connectivity index (χ1v) is 6.92. The minimum absolute atomic E-state index is 0.0119. The van der Waals surface area contributed by atoms with Crippen molar-refractivity contribution < 1.29 is 18.3 Å². The van der Waals surface area contributed by atoms with Crippen LogP contribution in [0.3, 0.4) is 0 Å². The second kappa shape index (κ2) is 6.07. The van der Waals surface area contributed by atoms with E-state index in [-0.39, 0.29) is 24.3 Å². The molecule has 90 valence electrons. The van der Waals surface area contributed by atoms with Crippen molar-refractivity contribution in [2.24, 2.45) is 0 Å². The summed E-state index contributed by atoms with van der Waals surface area (Å²) in [6.45, 7) is 3.63. The third-order valence-corrected chi connectivity index (χ3v) is 3.02. The number of nitrogens with one attached hydrogen (secondary N) is 1. The van der Waals surface area contributed by atoms with Crippen LogP contribution in [0.1, 0.15) is 26.7 Å². The maximum atomic E-state index is 11.0. The van der Waals surface area contributed by atoms with E-state index in [0.717, 1.165) is 0 Å². The van der Waals surface area contributed by atoms with Gasteiger partial charge in [-0.2, -0.15) is 0 Å². The minimum atomic E-state index is -2.98. The molecule has 0 rings (SSSR count). The lowest BCUT2D eigenvalue weighted by Gasteiger charge is -2.18. The third kappa shape index (κ3) is 9.68. The Hall–Kier alpha value is -0.620. The Morgan fingerprint density at radius 1 is 1.33 bits per heavy atom. The van der Waals surface area contributed by atoms with Crippen LogP contribution in [-0.2, 0) is 14.6 Å². The first-order valence-electron chi connectivity index (χ1n) is 4.86. The second-order valence-electron chi connectivity index (χ2n) is 3.99. The number of sulfone groups is 1. The van der Waals surface area contributed by atoms with Crippen molar-refractivity contribution in [1.29, 1.82) is 0 Å². The molecule has 0 aliphatic heterocycles. The fourth-order valence-corrected chi connectivity index (χ4v) is 2.42. The summed E-state index contributed by atoms with van der Waals surface area (Å²) in [4.78, 5) is 10.3. The van der Waals surface area contributed by atoms with Crippen LogP contribution in [0.4, 0.5) is 0 Å². The van der Waals surface area contributed by atoms with Gasteiger partial charge >= 0.3 is 5.97 Å². The summed E-state index contributed by atoms with van der Waals surface area (Å²) in [6, 6.07) is -0.137. The highest BCUT2D eigenvalue weighted by molar-refractivity contribution is 7.90. The maximum Gasteiger partial charge on any atom is 0.303 e. The van der Waals surface area contributed by atoms with E-state index in [4.69, 9.17) is 5.11 Å². The Balaban J connectivity index is 3.86. The zero-order valence-electron chi connectivity index (χ0n) is 9.36. The molecule has 0 aromatic carbocycles. The van der Waals surface area contributed by atoms with Crippen LogP contribution in [0.5, 0.6) is 0 Å². The van der Waals surface area contributed by atoms with E-state index in [1.54, 1.807) is 6.92 Å². The summed E-state index contributed by atoms with van der Waals surface area (Å²) >= 11 is 0. The van der Waals surface area contributed by atoms with Gasteiger partial charge in [-0.05, 0) is 20.3 Å². The maximum absolute atomic E-state index is 11.0. The lowest BCUT2D eigenvalue weighted by molar-refractivity contribution is -0.137. The zero-order chi connectivity index (χ0) is 12.1. The van der Waals surface area contributed by atoms with Gasteiger partial charge in [0.15, 0.2) is 0 Å². The number of carboxylic acid groups (broad SMARTS) is 1. The Morgan fingerprint density at radius 3 is 2.27 bits per heavy atom. The molecule has 0 spiro atoms. The van der Waals surface area contributed by atoms with Crippen LogP contribution in [0.15, 0.2) is 0 Å². The van der Waals surface area contributed by atoms with Gasteiger partial charge in [-0.1, -0.05) is 0 Å². The Labute approximate surface area is 90.8 Å². The van der Waals surface area contributed by atoms with Crippen molar-refractivity contribution in [3.8, 4) is 0 Å². The van der Waals surface area contributed by atoms with Crippen molar-refractivity contribution in [2.45, 2.75) is 38.8 Å². The molecule has 0 amide bonds. The smallest absolute Gasteiger partial charge is 0.303 e. The number of aliphatic carboxylic acids is 1. The predicted octanol–water partition coefficient (Wildman–Crippen LogP) is 0.262. The number of hydrogen-bond acceptors (Lipinski definition) is 4. The quantitative estimate of drug-likeness (QED) is 0.663. The van der Waals surface area contributed by atoms with Gasteiger partial charge in [0.05, 0.1) is 5.75 Å². The van der Waals surface area contributed by atoms with Gasteiger partial charge in [0, 0.05) is 24.8 Å². The highest BCUT2D eigenvalue weighted by Crippen LogP contribution is 1.99. The lowest BCUT2D eigenvalue weighted by atomic mass is 10.1. The second-order valence-corrected chi connectivity index (χ2v) is 6.18. The fraction of sp³-hybridized carbons (Fsp3) is 0.889. The molecule has 0 fully saturated rings. The van der Waals surface area contributed by atoms with E-state index in [2.05, 4.69) is 5.32 Å². The molecule has 0 aromatic heterocycles. The molecule has 15 heavy (non-hydrogen) atoms. The monoisotopic (exact) mass is 237 g/mol. The van der Waals surface area contributed by atoms with Gasteiger partial charge < -0.3 is 10.4 Å². The number of hydrogen-bond donors (Lipinski definition) is 2. The van der Waals surface area contributed by atoms with E-state index < -0.39 is 15.8 Å². The van der Waals surface area contributed by atoms with E-state index in [9.17, 15) is 13.2 Å². The number of rotatable bonds is 7. The fourth-order valence-electron chi connectivity index (χ4n) is 1.41. The molecule has 5 nitrogen and oxygen atoms in total.